The fourth-order valence-electron chi connectivity index (χ4n) is 2.32. The zero-order valence-corrected chi connectivity index (χ0v) is 11.4. The molecule has 4 nitrogen and oxygen atoms in total. The summed E-state index contributed by atoms with van der Waals surface area (Å²) in [6, 6.07) is 4.33. The smallest absolute Gasteiger partial charge is 0.242 e. The lowest BCUT2D eigenvalue weighted by molar-refractivity contribution is -0.128. The highest BCUT2D eigenvalue weighted by molar-refractivity contribution is 5.82. The molecule has 0 saturated carbocycles. The highest BCUT2D eigenvalue weighted by Gasteiger charge is 2.20. The number of methoxy groups -OCH3 is 1. The molecule has 0 bridgehead atoms. The topological polar surface area (TPSA) is 32.8 Å². The number of nitrogens with zero attached hydrogens (tertiary/aromatic N) is 2. The van der Waals surface area contributed by atoms with Crippen molar-refractivity contribution in [2.75, 3.05) is 38.7 Å². The van der Waals surface area contributed by atoms with E-state index in [2.05, 4.69) is 0 Å². The van der Waals surface area contributed by atoms with Crippen LogP contribution in [-0.4, -0.2) is 44.6 Å². The van der Waals surface area contributed by atoms with Crippen molar-refractivity contribution in [3.8, 4) is 5.75 Å². The number of hydrogen-bond acceptors (Lipinski definition) is 3. The number of carbonyl (C=O) groups is 1. The molecular formula is C14H19FN2O2. The molecule has 1 aromatic carbocycles. The Morgan fingerprint density at radius 3 is 2.74 bits per heavy atom. The summed E-state index contributed by atoms with van der Waals surface area (Å²) in [6.07, 6.45) is 2.16. The first-order valence-corrected chi connectivity index (χ1v) is 6.44. The van der Waals surface area contributed by atoms with Crippen LogP contribution in [0.15, 0.2) is 18.2 Å². The summed E-state index contributed by atoms with van der Waals surface area (Å²) in [4.78, 5) is 15.7. The van der Waals surface area contributed by atoms with Crippen LogP contribution in [0.2, 0.25) is 0 Å². The largest absolute Gasteiger partial charge is 0.494 e. The first kappa shape index (κ1) is 13.6. The van der Waals surface area contributed by atoms with Gasteiger partial charge < -0.3 is 14.5 Å². The molecule has 1 heterocycles. The molecule has 0 radical (unpaired) electrons. The minimum atomic E-state index is -0.347. The fraction of sp³-hybridized carbons (Fsp3) is 0.500. The van der Waals surface area contributed by atoms with E-state index in [-0.39, 0.29) is 18.3 Å². The fourth-order valence-corrected chi connectivity index (χ4v) is 2.32. The normalized spacial score (nSPS) is 14.6. The molecule has 1 fully saturated rings. The van der Waals surface area contributed by atoms with Crippen molar-refractivity contribution in [1.82, 2.24) is 4.90 Å². The van der Waals surface area contributed by atoms with E-state index in [9.17, 15) is 9.18 Å². The predicted molar refractivity (Wildman–Crippen MR) is 72.0 cm³/mol. The first-order valence-electron chi connectivity index (χ1n) is 6.44. The van der Waals surface area contributed by atoms with Crippen molar-refractivity contribution in [2.45, 2.75) is 12.8 Å². The number of ether oxygens (including phenoxy) is 1. The summed E-state index contributed by atoms with van der Waals surface area (Å²) >= 11 is 0. The summed E-state index contributed by atoms with van der Waals surface area (Å²) in [6.45, 7) is 1.96. The van der Waals surface area contributed by atoms with E-state index in [0.29, 0.717) is 5.75 Å². The third kappa shape index (κ3) is 3.16. The molecule has 0 spiro atoms. The molecule has 1 amide bonds. The van der Waals surface area contributed by atoms with Crippen molar-refractivity contribution in [1.29, 1.82) is 0 Å². The van der Waals surface area contributed by atoms with Gasteiger partial charge >= 0.3 is 0 Å². The summed E-state index contributed by atoms with van der Waals surface area (Å²) < 4.78 is 18.3. The quantitative estimate of drug-likeness (QED) is 0.834. The summed E-state index contributed by atoms with van der Waals surface area (Å²) in [5.74, 6) is 0.197. The van der Waals surface area contributed by atoms with E-state index in [1.165, 1.54) is 19.2 Å². The molecule has 0 N–H and O–H groups in total. The second-order valence-corrected chi connectivity index (χ2v) is 4.76. The van der Waals surface area contributed by atoms with Gasteiger partial charge in [-0.15, -0.1) is 0 Å². The van der Waals surface area contributed by atoms with Gasteiger partial charge in [0.1, 0.15) is 11.6 Å². The van der Waals surface area contributed by atoms with Gasteiger partial charge in [0.25, 0.3) is 0 Å². The van der Waals surface area contributed by atoms with Gasteiger partial charge in [-0.05, 0) is 25.0 Å². The maximum absolute atomic E-state index is 13.1. The third-order valence-corrected chi connectivity index (χ3v) is 3.38. The number of likely N-dealkylation sites (N-methyl/N-ethyl adjacent to an activating group) is 1. The van der Waals surface area contributed by atoms with Gasteiger partial charge in [-0.1, -0.05) is 0 Å². The maximum atomic E-state index is 13.1. The van der Waals surface area contributed by atoms with E-state index in [1.54, 1.807) is 11.0 Å². The number of likely N-dealkylation sites (tertiary alicyclic amines) is 1. The Hall–Kier alpha value is -1.78. The Kier molecular flexibility index (Phi) is 4.24. The summed E-state index contributed by atoms with van der Waals surface area (Å²) in [7, 11) is 3.30. The first-order chi connectivity index (χ1) is 9.11. The van der Waals surface area contributed by atoms with Crippen LogP contribution >= 0.6 is 0 Å². The van der Waals surface area contributed by atoms with Gasteiger partial charge in [-0.3, -0.25) is 4.79 Å². The molecule has 0 aliphatic carbocycles. The number of rotatable bonds is 4. The highest BCUT2D eigenvalue weighted by Crippen LogP contribution is 2.28. The van der Waals surface area contributed by atoms with Crippen LogP contribution in [0.5, 0.6) is 5.75 Å². The molecule has 1 aromatic rings. The molecule has 5 heteroatoms. The van der Waals surface area contributed by atoms with Crippen molar-refractivity contribution in [3.05, 3.63) is 24.0 Å². The van der Waals surface area contributed by atoms with Gasteiger partial charge in [0.05, 0.1) is 19.3 Å². The number of carbonyl (C=O) groups excluding carboxylic acids is 1. The molecule has 1 aliphatic rings. The van der Waals surface area contributed by atoms with Crippen LogP contribution in [0.3, 0.4) is 0 Å². The van der Waals surface area contributed by atoms with Gasteiger partial charge in [0.2, 0.25) is 5.91 Å². The standard InChI is InChI=1S/C14H19FN2O2/c1-16(10-14(18)17-7-3-4-8-17)12-6-5-11(15)9-13(12)19-2/h5-6,9H,3-4,7-8,10H2,1-2H3. The van der Waals surface area contributed by atoms with Gasteiger partial charge in [-0.25, -0.2) is 4.39 Å². The Morgan fingerprint density at radius 1 is 1.42 bits per heavy atom. The number of halogens is 1. The van der Waals surface area contributed by atoms with Gasteiger partial charge in [-0.2, -0.15) is 0 Å². The second-order valence-electron chi connectivity index (χ2n) is 4.76. The lowest BCUT2D eigenvalue weighted by atomic mass is 10.2. The molecule has 1 saturated heterocycles. The van der Waals surface area contributed by atoms with Crippen LogP contribution < -0.4 is 9.64 Å². The van der Waals surface area contributed by atoms with Crippen LogP contribution in [0, 0.1) is 5.82 Å². The van der Waals surface area contributed by atoms with Crippen LogP contribution in [-0.2, 0) is 4.79 Å². The molecule has 104 valence electrons. The van der Waals surface area contributed by atoms with Crippen molar-refractivity contribution in [2.24, 2.45) is 0 Å². The summed E-state index contributed by atoms with van der Waals surface area (Å²) in [5, 5.41) is 0. The molecule has 0 unspecified atom stereocenters. The van der Waals surface area contributed by atoms with Crippen molar-refractivity contribution in [3.63, 3.8) is 0 Å². The average molecular weight is 266 g/mol. The Labute approximate surface area is 112 Å². The Balaban J connectivity index is 2.06. The minimum Gasteiger partial charge on any atom is -0.494 e. The number of anilines is 1. The molecule has 0 atom stereocenters. The van der Waals surface area contributed by atoms with E-state index in [4.69, 9.17) is 4.74 Å². The predicted octanol–water partition coefficient (Wildman–Crippen LogP) is 1.89. The van der Waals surface area contributed by atoms with E-state index in [0.717, 1.165) is 31.6 Å². The minimum absolute atomic E-state index is 0.103. The van der Waals surface area contributed by atoms with Gasteiger partial charge in [0.15, 0.2) is 0 Å². The van der Waals surface area contributed by atoms with Crippen molar-refractivity contribution < 1.29 is 13.9 Å². The van der Waals surface area contributed by atoms with Crippen LogP contribution in [0.25, 0.3) is 0 Å². The van der Waals surface area contributed by atoms with Gasteiger partial charge in [0, 0.05) is 26.2 Å². The second kappa shape index (κ2) is 5.91. The van der Waals surface area contributed by atoms with Crippen LogP contribution in [0.4, 0.5) is 10.1 Å². The Bertz CT molecular complexity index is 459. The maximum Gasteiger partial charge on any atom is 0.242 e. The number of hydrogen-bond donors (Lipinski definition) is 0. The SMILES string of the molecule is COc1cc(F)ccc1N(C)CC(=O)N1CCCC1. The summed E-state index contributed by atoms with van der Waals surface area (Å²) in [5.41, 5.74) is 0.719. The Morgan fingerprint density at radius 2 is 2.11 bits per heavy atom. The zero-order valence-electron chi connectivity index (χ0n) is 11.4. The third-order valence-electron chi connectivity index (χ3n) is 3.38. The van der Waals surface area contributed by atoms with Crippen LogP contribution in [0.1, 0.15) is 12.8 Å². The zero-order chi connectivity index (χ0) is 13.8. The van der Waals surface area contributed by atoms with E-state index < -0.39 is 0 Å². The average Bonchev–Trinajstić information content (AvgIpc) is 2.92. The number of amides is 1. The molecule has 0 aromatic heterocycles. The monoisotopic (exact) mass is 266 g/mol. The van der Waals surface area contributed by atoms with E-state index in [1.807, 2.05) is 11.9 Å². The van der Waals surface area contributed by atoms with Crippen molar-refractivity contribution >= 4 is 11.6 Å². The molecule has 2 rings (SSSR count). The highest BCUT2D eigenvalue weighted by atomic mass is 19.1. The molecular weight excluding hydrogens is 247 g/mol. The lowest BCUT2D eigenvalue weighted by Gasteiger charge is -2.24. The molecule has 19 heavy (non-hydrogen) atoms. The molecule has 1 aliphatic heterocycles. The van der Waals surface area contributed by atoms with E-state index >= 15 is 0 Å². The number of benzene rings is 1. The lowest BCUT2D eigenvalue weighted by Crippen LogP contribution is -2.37.